The van der Waals surface area contributed by atoms with Crippen molar-refractivity contribution in [2.45, 2.75) is 102 Å². The molecule has 1 unspecified atom stereocenters. The second-order valence-corrected chi connectivity index (χ2v) is 14.6. The Morgan fingerprint density at radius 2 is 1.65 bits per heavy atom. The Hall–Kier alpha value is -2.10. The maximum Gasteiger partial charge on any atom is 0.351 e. The molecule has 2 fully saturated rings. The summed E-state index contributed by atoms with van der Waals surface area (Å²) in [5.74, 6) is 2.10. The van der Waals surface area contributed by atoms with Gasteiger partial charge in [-0.05, 0) is 72.4 Å². The van der Waals surface area contributed by atoms with E-state index in [2.05, 4.69) is 40.5 Å². The van der Waals surface area contributed by atoms with Gasteiger partial charge in [0.2, 0.25) is 0 Å². The number of hydrogen-bond acceptors (Lipinski definition) is 12. The highest BCUT2D eigenvalue weighted by Crippen LogP contribution is 2.35. The van der Waals surface area contributed by atoms with Crippen LogP contribution in [0.25, 0.3) is 0 Å². The second-order valence-electron chi connectivity index (χ2n) is 12.0. The number of unbranched alkanes of at least 4 members (excludes halogenated alkanes) is 2. The van der Waals surface area contributed by atoms with Gasteiger partial charge in [0.15, 0.2) is 0 Å². The summed E-state index contributed by atoms with van der Waals surface area (Å²) >= 11 is 3.26. The van der Waals surface area contributed by atoms with Crippen LogP contribution in [0.1, 0.15) is 78.8 Å². The van der Waals surface area contributed by atoms with Gasteiger partial charge in [-0.15, -0.1) is 23.5 Å². The van der Waals surface area contributed by atoms with Crippen molar-refractivity contribution in [3.63, 3.8) is 0 Å². The largest absolute Gasteiger partial charge is 0.378 e. The molecule has 0 aromatic carbocycles. The van der Waals surface area contributed by atoms with Gasteiger partial charge in [-0.2, -0.15) is 9.97 Å². The smallest absolute Gasteiger partial charge is 0.351 e. The maximum absolute atomic E-state index is 13.0. The molecular formula is C32H52N6O6S2. The predicted molar refractivity (Wildman–Crippen MR) is 186 cm³/mol. The standard InChI is InChI=1S/C32H52N6O6S2/c1-7-14-35(25-12-18-38(32(40)33-25)28-19-43-29(46-28)20-41-8-2)15-10-9-11-16-36(23(3)4)26-13-17-37(31(39)34-26)27-22-45-30(44-27)21-42-24(5)6/h12-13,17-18,23-24,27-30H,7-11,14-16,19-22H2,1-6H3/t27-,28?,29+,30+/m1/s1. The van der Waals surface area contributed by atoms with Crippen LogP contribution in [0.4, 0.5) is 11.6 Å². The lowest BCUT2D eigenvalue weighted by Crippen LogP contribution is -2.36. The fraction of sp³-hybridized carbons (Fsp3) is 0.750. The lowest BCUT2D eigenvalue weighted by Gasteiger charge is -2.28. The van der Waals surface area contributed by atoms with E-state index in [0.29, 0.717) is 38.0 Å². The minimum Gasteiger partial charge on any atom is -0.378 e. The molecule has 2 aromatic rings. The Bertz CT molecular complexity index is 1330. The van der Waals surface area contributed by atoms with Gasteiger partial charge in [0.1, 0.15) is 34.1 Å². The molecular weight excluding hydrogens is 629 g/mol. The lowest BCUT2D eigenvalue weighted by molar-refractivity contribution is -0.0377. The van der Waals surface area contributed by atoms with Gasteiger partial charge in [0.25, 0.3) is 0 Å². The fourth-order valence-electron chi connectivity index (χ4n) is 5.43. The van der Waals surface area contributed by atoms with E-state index in [-0.39, 0.29) is 46.0 Å². The number of rotatable bonds is 19. The Morgan fingerprint density at radius 1 is 0.935 bits per heavy atom. The van der Waals surface area contributed by atoms with Gasteiger partial charge in [0, 0.05) is 50.4 Å². The van der Waals surface area contributed by atoms with Gasteiger partial charge in [-0.1, -0.05) is 6.92 Å². The number of hydrogen-bond donors (Lipinski definition) is 0. The first-order valence-electron chi connectivity index (χ1n) is 16.6. The molecule has 0 radical (unpaired) electrons. The van der Waals surface area contributed by atoms with Crippen molar-refractivity contribution >= 4 is 35.2 Å². The first-order chi connectivity index (χ1) is 22.2. The normalized spacial score (nSPS) is 21.5. The van der Waals surface area contributed by atoms with Crippen molar-refractivity contribution < 1.29 is 18.9 Å². The predicted octanol–water partition coefficient (Wildman–Crippen LogP) is 4.74. The summed E-state index contributed by atoms with van der Waals surface area (Å²) < 4.78 is 26.2. The molecule has 46 heavy (non-hydrogen) atoms. The molecule has 0 spiro atoms. The Kier molecular flexibility index (Phi) is 14.7. The van der Waals surface area contributed by atoms with Crippen molar-refractivity contribution in [3.05, 3.63) is 45.5 Å². The summed E-state index contributed by atoms with van der Waals surface area (Å²) in [6, 6.07) is 4.06. The molecule has 12 nitrogen and oxygen atoms in total. The van der Waals surface area contributed by atoms with Crippen LogP contribution in [0.15, 0.2) is 34.1 Å². The van der Waals surface area contributed by atoms with Crippen LogP contribution in [0.5, 0.6) is 0 Å². The van der Waals surface area contributed by atoms with Gasteiger partial charge in [-0.25, -0.2) is 9.59 Å². The zero-order valence-electron chi connectivity index (χ0n) is 28.2. The Balaban J connectivity index is 1.27. The van der Waals surface area contributed by atoms with Crippen LogP contribution in [0.3, 0.4) is 0 Å². The van der Waals surface area contributed by atoms with Crippen LogP contribution in [0.2, 0.25) is 0 Å². The molecule has 0 amide bonds. The maximum atomic E-state index is 13.0. The SMILES string of the molecule is CCCN(CCCCCN(c1ccn([C@H]2CS[C@@H](COC(C)C)O2)c(=O)n1)C(C)C)c1ccn(C2CO[C@H](COCC)S2)c(=O)n1. The molecule has 2 saturated heterocycles. The third-order valence-corrected chi connectivity index (χ3v) is 10.2. The van der Waals surface area contributed by atoms with Crippen LogP contribution in [-0.2, 0) is 18.9 Å². The van der Waals surface area contributed by atoms with Gasteiger partial charge in [-0.3, -0.25) is 9.13 Å². The summed E-state index contributed by atoms with van der Waals surface area (Å²) in [5, 5.41) is -0.0953. The van der Waals surface area contributed by atoms with Crippen LogP contribution in [-0.4, -0.2) is 93.9 Å². The third-order valence-electron chi connectivity index (χ3n) is 7.80. The minimum absolute atomic E-state index is 0.0647. The molecule has 14 heteroatoms. The highest BCUT2D eigenvalue weighted by molar-refractivity contribution is 8.00. The zero-order valence-corrected chi connectivity index (χ0v) is 29.8. The number of thioether (sulfide) groups is 2. The van der Waals surface area contributed by atoms with Crippen LogP contribution >= 0.6 is 23.5 Å². The quantitative estimate of drug-likeness (QED) is 0.191. The lowest BCUT2D eigenvalue weighted by atomic mass is 10.2. The van der Waals surface area contributed by atoms with Crippen molar-refractivity contribution in [2.24, 2.45) is 0 Å². The molecule has 4 atom stereocenters. The van der Waals surface area contributed by atoms with E-state index in [9.17, 15) is 9.59 Å². The molecule has 2 aliphatic heterocycles. The van der Waals surface area contributed by atoms with E-state index >= 15 is 0 Å². The van der Waals surface area contributed by atoms with E-state index in [4.69, 9.17) is 18.9 Å². The molecule has 0 aliphatic carbocycles. The van der Waals surface area contributed by atoms with Crippen LogP contribution < -0.4 is 21.2 Å². The average Bonchev–Trinajstić information content (AvgIpc) is 3.70. The van der Waals surface area contributed by atoms with E-state index in [1.165, 1.54) is 0 Å². The summed E-state index contributed by atoms with van der Waals surface area (Å²) in [6.45, 7) is 16.9. The number of aromatic nitrogens is 4. The number of anilines is 2. The number of nitrogens with zero attached hydrogens (tertiary/aromatic N) is 6. The Labute approximate surface area is 281 Å². The van der Waals surface area contributed by atoms with Crippen molar-refractivity contribution in [2.75, 3.05) is 61.6 Å². The molecule has 2 aliphatic rings. The molecule has 0 saturated carbocycles. The summed E-state index contributed by atoms with van der Waals surface area (Å²) in [5.41, 5.74) is -0.698. The topological polar surface area (TPSA) is 113 Å². The molecule has 0 N–H and O–H groups in total. The molecule has 2 aromatic heterocycles. The average molecular weight is 681 g/mol. The van der Waals surface area contributed by atoms with E-state index in [1.54, 1.807) is 38.9 Å². The summed E-state index contributed by atoms with van der Waals surface area (Å²) in [4.78, 5) is 39.2. The second kappa shape index (κ2) is 18.4. The molecule has 258 valence electrons. The highest BCUT2D eigenvalue weighted by Gasteiger charge is 2.30. The van der Waals surface area contributed by atoms with Crippen molar-refractivity contribution in [3.8, 4) is 0 Å². The fourth-order valence-corrected chi connectivity index (χ4v) is 7.56. The monoisotopic (exact) mass is 680 g/mol. The van der Waals surface area contributed by atoms with E-state index < -0.39 is 0 Å². The van der Waals surface area contributed by atoms with Crippen molar-refractivity contribution in [1.82, 2.24) is 19.1 Å². The van der Waals surface area contributed by atoms with Crippen molar-refractivity contribution in [1.29, 1.82) is 0 Å². The zero-order chi connectivity index (χ0) is 33.1. The first-order valence-corrected chi connectivity index (χ1v) is 18.6. The first kappa shape index (κ1) is 36.7. The number of ether oxygens (including phenoxy) is 4. The van der Waals surface area contributed by atoms with Gasteiger partial charge >= 0.3 is 11.4 Å². The van der Waals surface area contributed by atoms with Crippen LogP contribution in [0, 0.1) is 0 Å². The molecule has 0 bridgehead atoms. The Morgan fingerprint density at radius 3 is 2.35 bits per heavy atom. The van der Waals surface area contributed by atoms with E-state index in [1.807, 2.05) is 39.1 Å². The highest BCUT2D eigenvalue weighted by atomic mass is 32.2. The summed E-state index contributed by atoms with van der Waals surface area (Å²) in [6.07, 6.45) is 7.34. The molecule has 4 heterocycles. The minimum atomic E-state index is -0.339. The van der Waals surface area contributed by atoms with Gasteiger partial charge < -0.3 is 28.7 Å². The van der Waals surface area contributed by atoms with E-state index in [0.717, 1.165) is 51.1 Å². The summed E-state index contributed by atoms with van der Waals surface area (Å²) in [7, 11) is 0. The van der Waals surface area contributed by atoms with Gasteiger partial charge in [0.05, 0.1) is 25.9 Å². The third kappa shape index (κ3) is 10.4. The molecule has 4 rings (SSSR count).